The molecule has 2 N–H and O–H groups in total. The average molecular weight is 331 g/mol. The number of nitrogens with one attached hydrogen (secondary N) is 1. The molecule has 0 radical (unpaired) electrons. The molecule has 1 aromatic heterocycles. The van der Waals surface area contributed by atoms with Crippen LogP contribution in [0.2, 0.25) is 0 Å². The summed E-state index contributed by atoms with van der Waals surface area (Å²) < 4.78 is 30.5. The van der Waals surface area contributed by atoms with Gasteiger partial charge >= 0.3 is 5.97 Å². The molecular formula is C13H17NO5S2. The van der Waals surface area contributed by atoms with Crippen molar-refractivity contribution in [3.63, 3.8) is 0 Å². The number of rotatable bonds is 7. The van der Waals surface area contributed by atoms with Crippen LogP contribution in [-0.2, 0) is 26.1 Å². The largest absolute Gasteiger partial charge is 0.466 e. The first-order valence-corrected chi connectivity index (χ1v) is 8.75. The van der Waals surface area contributed by atoms with E-state index in [4.69, 9.17) is 5.11 Å². The molecule has 0 amide bonds. The van der Waals surface area contributed by atoms with E-state index in [1.807, 2.05) is 0 Å². The van der Waals surface area contributed by atoms with E-state index in [1.54, 1.807) is 19.1 Å². The van der Waals surface area contributed by atoms with Crippen LogP contribution in [0.3, 0.4) is 0 Å². The first-order valence-electron chi connectivity index (χ1n) is 6.28. The van der Waals surface area contributed by atoms with Gasteiger partial charge in [-0.2, -0.15) is 0 Å². The highest BCUT2D eigenvalue weighted by molar-refractivity contribution is 7.89. The summed E-state index contributed by atoms with van der Waals surface area (Å²) in [4.78, 5) is 12.7. The minimum absolute atomic E-state index is 0.149. The van der Waals surface area contributed by atoms with Crippen LogP contribution in [0.15, 0.2) is 12.1 Å². The monoisotopic (exact) mass is 331 g/mol. The molecular weight excluding hydrogens is 314 g/mol. The predicted molar refractivity (Wildman–Crippen MR) is 80.2 cm³/mol. The van der Waals surface area contributed by atoms with Gasteiger partial charge in [0.25, 0.3) is 0 Å². The highest BCUT2D eigenvalue weighted by Gasteiger charge is 2.14. The van der Waals surface area contributed by atoms with Crippen LogP contribution in [-0.4, -0.2) is 38.5 Å². The van der Waals surface area contributed by atoms with Crippen LogP contribution in [0.5, 0.6) is 0 Å². The second-order valence-corrected chi connectivity index (χ2v) is 7.02. The molecule has 0 spiro atoms. The number of aliphatic hydroxyl groups excluding tert-OH is 1. The number of carbonyl (C=O) groups excluding carboxylic acids is 1. The Bertz CT molecular complexity index is 624. The fraction of sp³-hybridized carbons (Fsp3) is 0.462. The molecule has 0 aliphatic rings. The van der Waals surface area contributed by atoms with E-state index in [-0.39, 0.29) is 31.9 Å². The molecule has 1 rings (SSSR count). The lowest BCUT2D eigenvalue weighted by Gasteiger charge is -2.05. The molecule has 6 nitrogen and oxygen atoms in total. The molecule has 1 heterocycles. The van der Waals surface area contributed by atoms with Crippen molar-refractivity contribution < 1.29 is 23.1 Å². The Morgan fingerprint density at radius 2 is 2.24 bits per heavy atom. The number of hydrogen-bond acceptors (Lipinski definition) is 6. The van der Waals surface area contributed by atoms with Crippen LogP contribution in [0.25, 0.3) is 0 Å². The number of thiophene rings is 1. The number of aliphatic hydroxyl groups is 1. The van der Waals surface area contributed by atoms with E-state index in [1.165, 1.54) is 11.3 Å². The summed E-state index contributed by atoms with van der Waals surface area (Å²) in [6.07, 6.45) is -0.166. The maximum atomic E-state index is 11.7. The third-order valence-electron chi connectivity index (χ3n) is 2.30. The number of esters is 1. The summed E-state index contributed by atoms with van der Waals surface area (Å²) in [5.74, 6) is 4.44. The third kappa shape index (κ3) is 7.24. The minimum atomic E-state index is -3.52. The normalized spacial score (nSPS) is 10.8. The summed E-state index contributed by atoms with van der Waals surface area (Å²) in [6.45, 7) is 1.84. The van der Waals surface area contributed by atoms with Crippen molar-refractivity contribution in [2.75, 3.05) is 19.0 Å². The highest BCUT2D eigenvalue weighted by Crippen LogP contribution is 2.15. The molecule has 0 aliphatic carbocycles. The second kappa shape index (κ2) is 8.79. The van der Waals surface area contributed by atoms with Crippen molar-refractivity contribution in [2.45, 2.75) is 19.9 Å². The van der Waals surface area contributed by atoms with Gasteiger partial charge in [0, 0.05) is 11.4 Å². The van der Waals surface area contributed by atoms with Crippen LogP contribution >= 0.6 is 11.3 Å². The van der Waals surface area contributed by atoms with E-state index in [0.29, 0.717) is 0 Å². The van der Waals surface area contributed by atoms with Gasteiger partial charge < -0.3 is 9.84 Å². The Kier molecular flexibility index (Phi) is 7.39. The van der Waals surface area contributed by atoms with Crippen molar-refractivity contribution >= 4 is 27.3 Å². The molecule has 0 saturated heterocycles. The molecule has 0 aromatic carbocycles. The molecule has 0 unspecified atom stereocenters. The maximum Gasteiger partial charge on any atom is 0.306 e. The average Bonchev–Trinajstić information content (AvgIpc) is 2.89. The molecule has 1 aromatic rings. The topological polar surface area (TPSA) is 92.7 Å². The zero-order chi connectivity index (χ0) is 15.7. The summed E-state index contributed by atoms with van der Waals surface area (Å²) in [5.41, 5.74) is 0. The zero-order valence-electron chi connectivity index (χ0n) is 11.6. The smallest absolute Gasteiger partial charge is 0.306 e. The molecule has 0 fully saturated rings. The maximum absolute atomic E-state index is 11.7. The van der Waals surface area contributed by atoms with Crippen LogP contribution in [0.1, 0.15) is 23.1 Å². The van der Waals surface area contributed by atoms with E-state index >= 15 is 0 Å². The number of carbonyl (C=O) groups is 1. The summed E-state index contributed by atoms with van der Waals surface area (Å²) in [5, 5.41) is 8.59. The fourth-order valence-electron chi connectivity index (χ4n) is 1.37. The number of ether oxygens (including phenoxy) is 1. The first kappa shape index (κ1) is 17.7. The fourth-order valence-corrected chi connectivity index (χ4v) is 3.24. The Labute approximate surface area is 128 Å². The first-order chi connectivity index (χ1) is 9.96. The summed E-state index contributed by atoms with van der Waals surface area (Å²) >= 11 is 1.34. The van der Waals surface area contributed by atoms with E-state index in [9.17, 15) is 13.2 Å². The molecule has 0 aliphatic heterocycles. The highest BCUT2D eigenvalue weighted by atomic mass is 32.2. The van der Waals surface area contributed by atoms with E-state index < -0.39 is 16.0 Å². The Hall–Kier alpha value is -1.40. The van der Waals surface area contributed by atoms with E-state index in [0.717, 1.165) is 9.75 Å². The molecule has 21 heavy (non-hydrogen) atoms. The lowest BCUT2D eigenvalue weighted by atomic mass is 10.4. The number of hydrogen-bond donors (Lipinski definition) is 2. The molecule has 0 bridgehead atoms. The third-order valence-corrected chi connectivity index (χ3v) is 4.63. The van der Waals surface area contributed by atoms with Crippen molar-refractivity contribution in [3.8, 4) is 11.8 Å². The van der Waals surface area contributed by atoms with Gasteiger partial charge in [0.15, 0.2) is 0 Å². The second-order valence-electron chi connectivity index (χ2n) is 3.92. The van der Waals surface area contributed by atoms with Crippen molar-refractivity contribution in [1.29, 1.82) is 0 Å². The predicted octanol–water partition coefficient (Wildman–Crippen LogP) is 0.464. The van der Waals surface area contributed by atoms with Gasteiger partial charge in [-0.05, 0) is 19.1 Å². The Morgan fingerprint density at radius 1 is 1.48 bits per heavy atom. The molecule has 0 atom stereocenters. The molecule has 0 saturated carbocycles. The standard InChI is InChI=1S/C13H17NO5S2/c1-2-19-13(16)7-9-21(17,18)14-10-12-6-5-11(20-12)4-3-8-15/h5-6,14-15H,2,7-10H2,1H3. The molecule has 8 heteroatoms. The van der Waals surface area contributed by atoms with Gasteiger partial charge in [0.2, 0.25) is 10.0 Å². The van der Waals surface area contributed by atoms with Gasteiger partial charge in [-0.3, -0.25) is 4.79 Å². The summed E-state index contributed by atoms with van der Waals surface area (Å²) in [7, 11) is -3.52. The molecule has 116 valence electrons. The minimum Gasteiger partial charge on any atom is -0.466 e. The van der Waals surface area contributed by atoms with Crippen LogP contribution < -0.4 is 4.72 Å². The van der Waals surface area contributed by atoms with Crippen molar-refractivity contribution in [3.05, 3.63) is 21.9 Å². The lowest BCUT2D eigenvalue weighted by Crippen LogP contribution is -2.27. The van der Waals surface area contributed by atoms with Gasteiger partial charge in [-0.25, -0.2) is 13.1 Å². The SMILES string of the molecule is CCOC(=O)CCS(=O)(=O)NCc1ccc(C#CCO)s1. The van der Waals surface area contributed by atoms with Gasteiger partial charge in [0.05, 0.1) is 23.7 Å². The van der Waals surface area contributed by atoms with E-state index in [2.05, 4.69) is 21.3 Å². The summed E-state index contributed by atoms with van der Waals surface area (Å²) in [6, 6.07) is 3.52. The van der Waals surface area contributed by atoms with Gasteiger partial charge in [-0.1, -0.05) is 11.8 Å². The zero-order valence-corrected chi connectivity index (χ0v) is 13.2. The van der Waals surface area contributed by atoms with Crippen LogP contribution in [0, 0.1) is 11.8 Å². The lowest BCUT2D eigenvalue weighted by molar-refractivity contribution is -0.142. The quantitative estimate of drug-likeness (QED) is 0.559. The Morgan fingerprint density at radius 3 is 2.90 bits per heavy atom. The Balaban J connectivity index is 2.46. The van der Waals surface area contributed by atoms with Crippen molar-refractivity contribution in [1.82, 2.24) is 4.72 Å². The van der Waals surface area contributed by atoms with Gasteiger partial charge in [0.1, 0.15) is 6.61 Å². The van der Waals surface area contributed by atoms with Gasteiger partial charge in [-0.15, -0.1) is 11.3 Å². The van der Waals surface area contributed by atoms with Crippen molar-refractivity contribution in [2.24, 2.45) is 0 Å². The number of sulfonamides is 1. The van der Waals surface area contributed by atoms with Crippen LogP contribution in [0.4, 0.5) is 0 Å².